The predicted molar refractivity (Wildman–Crippen MR) is 173 cm³/mol. The highest BCUT2D eigenvalue weighted by Crippen LogP contribution is 2.29. The third-order valence-corrected chi connectivity index (χ3v) is 9.35. The number of hydrogen-bond acceptors (Lipinski definition) is 8. The normalized spacial score (nSPS) is 19.6. The highest BCUT2D eigenvalue weighted by Gasteiger charge is 2.42. The number of hydrogen-bond donors (Lipinski definition) is 2. The standard InChI is InChI=1S/C34H56N4O7/c1-10-22(4)30(37(6)33(41)29(35)21(2)3)27(43-7)20-28(39)38-18-14-17-26(38)31(44-8)23(5)32(40)36-25(34(42)45-9)19-24-15-12-11-13-16-24/h11-13,15-16,21-23,25-27,29-31H,10,14,17-20,35H2,1-9H3,(H,36,40)/t22-,23+,25-,26?,27+,29-,30-,31+/m0/s1. The van der Waals surface area contributed by atoms with Crippen LogP contribution in [0.15, 0.2) is 30.3 Å². The number of amides is 3. The minimum atomic E-state index is -0.866. The summed E-state index contributed by atoms with van der Waals surface area (Å²) in [4.78, 5) is 56.6. The Bertz CT molecular complexity index is 1100. The van der Waals surface area contributed by atoms with Gasteiger partial charge in [0.05, 0.1) is 49.8 Å². The first-order chi connectivity index (χ1) is 21.3. The first-order valence-electron chi connectivity index (χ1n) is 16.1. The predicted octanol–water partition coefficient (Wildman–Crippen LogP) is 2.79. The van der Waals surface area contributed by atoms with Crippen LogP contribution in [0, 0.1) is 17.8 Å². The Morgan fingerprint density at radius 2 is 1.69 bits per heavy atom. The lowest BCUT2D eigenvalue weighted by Crippen LogP contribution is -2.56. The molecule has 0 spiro atoms. The van der Waals surface area contributed by atoms with E-state index >= 15 is 0 Å². The van der Waals surface area contributed by atoms with Crippen LogP contribution in [0.4, 0.5) is 0 Å². The Morgan fingerprint density at radius 3 is 2.22 bits per heavy atom. The summed E-state index contributed by atoms with van der Waals surface area (Å²) in [5, 5.41) is 2.85. The Balaban J connectivity index is 2.22. The van der Waals surface area contributed by atoms with Gasteiger partial charge in [0, 0.05) is 34.2 Å². The van der Waals surface area contributed by atoms with Crippen LogP contribution in [0.5, 0.6) is 0 Å². The molecule has 0 radical (unpaired) electrons. The highest BCUT2D eigenvalue weighted by molar-refractivity contribution is 5.86. The first kappa shape index (κ1) is 38.2. The van der Waals surface area contributed by atoms with Gasteiger partial charge in [-0.2, -0.15) is 0 Å². The van der Waals surface area contributed by atoms with Crippen molar-refractivity contribution in [3.63, 3.8) is 0 Å². The summed E-state index contributed by atoms with van der Waals surface area (Å²) in [6, 6.07) is 7.18. The van der Waals surface area contributed by atoms with Crippen LogP contribution in [0.25, 0.3) is 0 Å². The second-order valence-electron chi connectivity index (χ2n) is 12.6. The van der Waals surface area contributed by atoms with Gasteiger partial charge in [-0.05, 0) is 30.2 Å². The zero-order chi connectivity index (χ0) is 33.8. The van der Waals surface area contributed by atoms with E-state index in [1.54, 1.807) is 30.9 Å². The lowest BCUT2D eigenvalue weighted by Gasteiger charge is -2.40. The van der Waals surface area contributed by atoms with Crippen LogP contribution >= 0.6 is 0 Å². The molecular formula is C34H56N4O7. The quantitative estimate of drug-likeness (QED) is 0.250. The second-order valence-corrected chi connectivity index (χ2v) is 12.6. The van der Waals surface area contributed by atoms with Crippen molar-refractivity contribution in [2.45, 2.75) is 103 Å². The largest absolute Gasteiger partial charge is 0.467 e. The Kier molecular flexibility index (Phi) is 15.4. The lowest BCUT2D eigenvalue weighted by atomic mass is 9.89. The van der Waals surface area contributed by atoms with Gasteiger partial charge in [0.15, 0.2) is 0 Å². The lowest BCUT2D eigenvalue weighted by molar-refractivity contribution is -0.148. The van der Waals surface area contributed by atoms with Crippen molar-refractivity contribution in [3.8, 4) is 0 Å². The molecule has 45 heavy (non-hydrogen) atoms. The number of carbonyl (C=O) groups is 4. The molecule has 1 aliphatic rings. The molecule has 0 aliphatic carbocycles. The average Bonchev–Trinajstić information content (AvgIpc) is 3.52. The smallest absolute Gasteiger partial charge is 0.328 e. The molecule has 254 valence electrons. The van der Waals surface area contributed by atoms with Gasteiger partial charge in [-0.25, -0.2) is 4.79 Å². The molecule has 1 aromatic carbocycles. The van der Waals surface area contributed by atoms with Crippen molar-refractivity contribution < 1.29 is 33.4 Å². The van der Waals surface area contributed by atoms with E-state index in [1.165, 1.54) is 14.2 Å². The summed E-state index contributed by atoms with van der Waals surface area (Å²) in [5.41, 5.74) is 7.10. The summed E-state index contributed by atoms with van der Waals surface area (Å²) in [6.45, 7) is 10.2. The number of carbonyl (C=O) groups excluding carboxylic acids is 4. The van der Waals surface area contributed by atoms with Gasteiger partial charge in [0.25, 0.3) is 0 Å². The third kappa shape index (κ3) is 9.98. The molecule has 0 aromatic heterocycles. The van der Waals surface area contributed by atoms with Crippen molar-refractivity contribution in [3.05, 3.63) is 35.9 Å². The minimum absolute atomic E-state index is 0.0306. The summed E-state index contributed by atoms with van der Waals surface area (Å²) in [5.74, 6) is -1.84. The molecule has 1 fully saturated rings. The molecule has 11 heteroatoms. The maximum atomic E-state index is 13.9. The van der Waals surface area contributed by atoms with E-state index in [0.717, 1.165) is 18.4 Å². The number of likely N-dealkylation sites (tertiary alicyclic amines) is 1. The molecule has 0 saturated carbocycles. The number of ether oxygens (including phenoxy) is 3. The van der Waals surface area contributed by atoms with Gasteiger partial charge in [-0.15, -0.1) is 0 Å². The Labute approximate surface area is 269 Å². The van der Waals surface area contributed by atoms with E-state index in [0.29, 0.717) is 13.0 Å². The average molecular weight is 633 g/mol. The molecule has 1 saturated heterocycles. The monoisotopic (exact) mass is 632 g/mol. The maximum Gasteiger partial charge on any atom is 0.328 e. The van der Waals surface area contributed by atoms with Crippen molar-refractivity contribution in [1.82, 2.24) is 15.1 Å². The van der Waals surface area contributed by atoms with Crippen LogP contribution in [0.2, 0.25) is 0 Å². The number of nitrogens with one attached hydrogen (secondary N) is 1. The van der Waals surface area contributed by atoms with E-state index in [9.17, 15) is 19.2 Å². The van der Waals surface area contributed by atoms with Gasteiger partial charge in [-0.3, -0.25) is 14.4 Å². The molecule has 11 nitrogen and oxygen atoms in total. The molecule has 2 rings (SSSR count). The van der Waals surface area contributed by atoms with E-state index in [4.69, 9.17) is 19.9 Å². The molecule has 0 bridgehead atoms. The Morgan fingerprint density at radius 1 is 1.04 bits per heavy atom. The number of nitrogens with zero attached hydrogens (tertiary/aromatic N) is 2. The van der Waals surface area contributed by atoms with E-state index in [1.807, 2.05) is 58.0 Å². The summed E-state index contributed by atoms with van der Waals surface area (Å²) in [7, 11) is 6.12. The van der Waals surface area contributed by atoms with Crippen molar-refractivity contribution >= 4 is 23.7 Å². The number of rotatable bonds is 17. The zero-order valence-corrected chi connectivity index (χ0v) is 28.7. The fourth-order valence-electron chi connectivity index (χ4n) is 6.31. The first-order valence-corrected chi connectivity index (χ1v) is 16.1. The van der Waals surface area contributed by atoms with E-state index in [2.05, 4.69) is 5.32 Å². The molecule has 1 aromatic rings. The van der Waals surface area contributed by atoms with Crippen molar-refractivity contribution in [1.29, 1.82) is 0 Å². The Hall–Kier alpha value is -3.02. The molecule has 3 N–H and O–H groups in total. The summed E-state index contributed by atoms with van der Waals surface area (Å²) >= 11 is 0. The number of likely N-dealkylation sites (N-methyl/N-ethyl adjacent to an activating group) is 1. The van der Waals surface area contributed by atoms with Gasteiger partial charge in [0.2, 0.25) is 17.7 Å². The van der Waals surface area contributed by atoms with Gasteiger partial charge < -0.3 is 35.1 Å². The third-order valence-electron chi connectivity index (χ3n) is 9.35. The molecule has 3 amide bonds. The number of nitrogens with two attached hydrogens (primary N) is 1. The summed E-state index contributed by atoms with van der Waals surface area (Å²) in [6.07, 6.45) is 1.40. The van der Waals surface area contributed by atoms with E-state index in [-0.39, 0.29) is 54.5 Å². The van der Waals surface area contributed by atoms with Crippen LogP contribution in [0.1, 0.15) is 65.9 Å². The van der Waals surface area contributed by atoms with E-state index < -0.39 is 36.2 Å². The van der Waals surface area contributed by atoms with Crippen LogP contribution in [-0.4, -0.2) is 105 Å². The molecule has 1 aliphatic heterocycles. The van der Waals surface area contributed by atoms with Gasteiger partial charge in [0.1, 0.15) is 6.04 Å². The minimum Gasteiger partial charge on any atom is -0.467 e. The fraction of sp³-hybridized carbons (Fsp3) is 0.706. The zero-order valence-electron chi connectivity index (χ0n) is 28.7. The molecule has 8 atom stereocenters. The van der Waals surface area contributed by atoms with Crippen LogP contribution < -0.4 is 11.1 Å². The fourth-order valence-corrected chi connectivity index (χ4v) is 6.31. The molecule has 1 heterocycles. The van der Waals surface area contributed by atoms with Crippen LogP contribution in [0.3, 0.4) is 0 Å². The van der Waals surface area contributed by atoms with Crippen molar-refractivity contribution in [2.24, 2.45) is 23.5 Å². The second kappa shape index (κ2) is 18.2. The number of methoxy groups -OCH3 is 3. The number of benzene rings is 1. The van der Waals surface area contributed by atoms with Crippen molar-refractivity contribution in [2.75, 3.05) is 34.9 Å². The van der Waals surface area contributed by atoms with Gasteiger partial charge in [-0.1, -0.05) is 71.4 Å². The van der Waals surface area contributed by atoms with Gasteiger partial charge >= 0.3 is 5.97 Å². The highest BCUT2D eigenvalue weighted by atomic mass is 16.5. The molecule has 1 unspecified atom stereocenters. The topological polar surface area (TPSA) is 141 Å². The summed E-state index contributed by atoms with van der Waals surface area (Å²) < 4.78 is 16.7. The van der Waals surface area contributed by atoms with Crippen LogP contribution in [-0.2, 0) is 39.8 Å². The molecular weight excluding hydrogens is 576 g/mol. The maximum absolute atomic E-state index is 13.9. The number of esters is 1. The SMILES string of the molecule is CC[C@H](C)[C@@H]([C@@H](CC(=O)N1CCCC1[C@H](OC)[C@@H](C)C(=O)N[C@@H](Cc1ccccc1)C(=O)OC)OC)N(C)C(=O)[C@@H](N)C(C)C.